The molecule has 3 rings (SSSR count). The number of hydrogen-bond donors (Lipinski definition) is 0. The van der Waals surface area contributed by atoms with Gasteiger partial charge in [-0.3, -0.25) is 4.79 Å². The van der Waals surface area contributed by atoms with Gasteiger partial charge in [-0.25, -0.2) is 8.42 Å². The van der Waals surface area contributed by atoms with Crippen LogP contribution in [0.15, 0.2) is 51.8 Å². The van der Waals surface area contributed by atoms with E-state index in [0.29, 0.717) is 43.0 Å². The third kappa shape index (κ3) is 3.84. The van der Waals surface area contributed by atoms with Crippen LogP contribution in [0.2, 0.25) is 0 Å². The lowest BCUT2D eigenvalue weighted by molar-refractivity contribution is 0.0730. The molecule has 0 atom stereocenters. The first kappa shape index (κ1) is 18.3. The lowest BCUT2D eigenvalue weighted by Gasteiger charge is -2.26. The molecule has 0 unspecified atom stereocenters. The van der Waals surface area contributed by atoms with Crippen LogP contribution in [0.4, 0.5) is 0 Å². The number of aryl methyl sites for hydroxylation is 1. The Hall–Kier alpha value is -1.54. The van der Waals surface area contributed by atoms with Gasteiger partial charge in [0.15, 0.2) is 5.78 Å². The average molecular weight is 424 g/mol. The molecule has 1 aliphatic rings. The Bertz CT molecular complexity index is 888. The van der Waals surface area contributed by atoms with Crippen LogP contribution in [-0.2, 0) is 14.8 Å². The summed E-state index contributed by atoms with van der Waals surface area (Å²) < 4.78 is 33.3. The average Bonchev–Trinajstić information content (AvgIpc) is 2.63. The molecule has 7 heteroatoms. The molecule has 0 aromatic heterocycles. The molecule has 5 nitrogen and oxygen atoms in total. The zero-order valence-electron chi connectivity index (χ0n) is 13.7. The molecule has 0 bridgehead atoms. The van der Waals surface area contributed by atoms with Crippen LogP contribution in [-0.4, -0.2) is 44.8 Å². The molecule has 1 saturated heterocycles. The molecule has 1 aliphatic heterocycles. The Kier molecular flexibility index (Phi) is 5.38. The van der Waals surface area contributed by atoms with Gasteiger partial charge in [-0.1, -0.05) is 28.1 Å². The highest BCUT2D eigenvalue weighted by atomic mass is 79.9. The van der Waals surface area contributed by atoms with Crippen LogP contribution < -0.4 is 0 Å². The summed E-state index contributed by atoms with van der Waals surface area (Å²) >= 11 is 3.34. The van der Waals surface area contributed by atoms with Gasteiger partial charge >= 0.3 is 0 Å². The summed E-state index contributed by atoms with van der Waals surface area (Å²) in [5, 5.41) is 0. The summed E-state index contributed by atoms with van der Waals surface area (Å²) in [6.45, 7) is 3.16. The van der Waals surface area contributed by atoms with E-state index in [2.05, 4.69) is 15.9 Å². The Morgan fingerprint density at radius 3 is 2.28 bits per heavy atom. The van der Waals surface area contributed by atoms with Crippen molar-refractivity contribution in [3.63, 3.8) is 0 Å². The number of hydrogen-bond acceptors (Lipinski definition) is 4. The van der Waals surface area contributed by atoms with E-state index in [-0.39, 0.29) is 10.7 Å². The van der Waals surface area contributed by atoms with Crippen molar-refractivity contribution in [2.24, 2.45) is 0 Å². The first-order valence-electron chi connectivity index (χ1n) is 7.88. The molecule has 2 aromatic carbocycles. The molecule has 0 aliphatic carbocycles. The van der Waals surface area contributed by atoms with Crippen LogP contribution in [0.25, 0.3) is 0 Å². The fraction of sp³-hybridized carbons (Fsp3) is 0.278. The van der Waals surface area contributed by atoms with Gasteiger partial charge in [-0.15, -0.1) is 0 Å². The summed E-state index contributed by atoms with van der Waals surface area (Å²) in [6, 6.07) is 11.8. The minimum atomic E-state index is -3.64. The largest absolute Gasteiger partial charge is 0.379 e. The molecule has 1 fully saturated rings. The summed E-state index contributed by atoms with van der Waals surface area (Å²) in [4.78, 5) is 12.9. The second-order valence-corrected chi connectivity index (χ2v) is 8.65. The van der Waals surface area contributed by atoms with Gasteiger partial charge in [0.25, 0.3) is 0 Å². The smallest absolute Gasteiger partial charge is 0.243 e. The standard InChI is InChI=1S/C18H18BrNO4S/c1-13-2-3-15(18(21)14-4-6-16(19)7-5-14)12-17(13)25(22,23)20-8-10-24-11-9-20/h2-7,12H,8-11H2,1H3. The van der Waals surface area contributed by atoms with Crippen LogP contribution in [0.1, 0.15) is 21.5 Å². The zero-order chi connectivity index (χ0) is 18.0. The summed E-state index contributed by atoms with van der Waals surface area (Å²) in [5.74, 6) is -0.203. The Labute approximate surface area is 155 Å². The first-order chi connectivity index (χ1) is 11.9. The third-order valence-corrected chi connectivity index (χ3v) is 6.71. The summed E-state index contributed by atoms with van der Waals surface area (Å²) in [6.07, 6.45) is 0. The fourth-order valence-electron chi connectivity index (χ4n) is 2.71. The van der Waals surface area contributed by atoms with Gasteiger partial charge in [-0.05, 0) is 42.8 Å². The van der Waals surface area contributed by atoms with E-state index in [1.807, 2.05) is 0 Å². The number of carbonyl (C=O) groups is 1. The lowest BCUT2D eigenvalue weighted by atomic mass is 10.0. The van der Waals surface area contributed by atoms with E-state index in [1.165, 1.54) is 10.4 Å². The number of benzene rings is 2. The number of ketones is 1. The molecular formula is C18H18BrNO4S. The summed E-state index contributed by atoms with van der Waals surface area (Å²) in [5.41, 5.74) is 1.50. The highest BCUT2D eigenvalue weighted by Gasteiger charge is 2.28. The first-order valence-corrected chi connectivity index (χ1v) is 10.1. The van der Waals surface area contributed by atoms with E-state index in [0.717, 1.165) is 4.47 Å². The van der Waals surface area contributed by atoms with E-state index in [9.17, 15) is 13.2 Å². The van der Waals surface area contributed by atoms with Crippen molar-refractivity contribution in [3.8, 4) is 0 Å². The molecule has 132 valence electrons. The molecule has 0 saturated carbocycles. The number of halogens is 1. The van der Waals surface area contributed by atoms with Gasteiger partial charge in [0.1, 0.15) is 0 Å². The van der Waals surface area contributed by atoms with Gasteiger partial charge in [0.05, 0.1) is 18.1 Å². The number of rotatable bonds is 4. The van der Waals surface area contributed by atoms with Crippen molar-refractivity contribution < 1.29 is 17.9 Å². The highest BCUT2D eigenvalue weighted by molar-refractivity contribution is 9.10. The molecule has 25 heavy (non-hydrogen) atoms. The number of ether oxygens (including phenoxy) is 1. The van der Waals surface area contributed by atoms with E-state index >= 15 is 0 Å². The topological polar surface area (TPSA) is 63.7 Å². The van der Waals surface area contributed by atoms with Gasteiger partial charge in [0.2, 0.25) is 10.0 Å². The van der Waals surface area contributed by atoms with Gasteiger partial charge in [0, 0.05) is 28.7 Å². The molecular weight excluding hydrogens is 406 g/mol. The molecule has 0 N–H and O–H groups in total. The molecule has 1 heterocycles. The van der Waals surface area contributed by atoms with Gasteiger partial charge < -0.3 is 4.74 Å². The lowest BCUT2D eigenvalue weighted by Crippen LogP contribution is -2.40. The predicted octanol–water partition coefficient (Wildman–Crippen LogP) is 3.01. The zero-order valence-corrected chi connectivity index (χ0v) is 16.1. The SMILES string of the molecule is Cc1ccc(C(=O)c2ccc(Br)cc2)cc1S(=O)(=O)N1CCOCC1. The monoisotopic (exact) mass is 423 g/mol. The molecule has 2 aromatic rings. The van der Waals surface area contributed by atoms with Crippen molar-refractivity contribution in [1.29, 1.82) is 0 Å². The highest BCUT2D eigenvalue weighted by Crippen LogP contribution is 2.24. The number of morpholine rings is 1. The maximum atomic E-state index is 12.9. The van der Waals surface area contributed by atoms with Crippen molar-refractivity contribution in [2.45, 2.75) is 11.8 Å². The number of carbonyl (C=O) groups excluding carboxylic acids is 1. The minimum Gasteiger partial charge on any atom is -0.379 e. The van der Waals surface area contributed by atoms with Gasteiger partial charge in [-0.2, -0.15) is 4.31 Å². The fourth-order valence-corrected chi connectivity index (χ4v) is 4.64. The molecule has 0 radical (unpaired) electrons. The van der Waals surface area contributed by atoms with Crippen LogP contribution in [0.3, 0.4) is 0 Å². The van der Waals surface area contributed by atoms with Crippen LogP contribution in [0.5, 0.6) is 0 Å². The van der Waals surface area contributed by atoms with Crippen molar-refractivity contribution in [1.82, 2.24) is 4.31 Å². The Balaban J connectivity index is 1.97. The summed E-state index contributed by atoms with van der Waals surface area (Å²) in [7, 11) is -3.64. The maximum absolute atomic E-state index is 12.9. The molecule has 0 spiro atoms. The number of sulfonamides is 1. The quantitative estimate of drug-likeness (QED) is 0.708. The second-order valence-electron chi connectivity index (χ2n) is 5.83. The van der Waals surface area contributed by atoms with E-state index in [1.54, 1.807) is 43.3 Å². The van der Waals surface area contributed by atoms with E-state index in [4.69, 9.17) is 4.74 Å². The Morgan fingerprint density at radius 2 is 1.64 bits per heavy atom. The maximum Gasteiger partial charge on any atom is 0.243 e. The second kappa shape index (κ2) is 7.37. The van der Waals surface area contributed by atoms with Crippen molar-refractivity contribution in [3.05, 3.63) is 63.6 Å². The normalized spacial score (nSPS) is 15.9. The van der Waals surface area contributed by atoms with E-state index < -0.39 is 10.0 Å². The van der Waals surface area contributed by atoms with Crippen LogP contribution >= 0.6 is 15.9 Å². The predicted molar refractivity (Wildman–Crippen MR) is 98.3 cm³/mol. The molecule has 0 amide bonds. The minimum absolute atomic E-state index is 0.178. The van der Waals surface area contributed by atoms with Crippen LogP contribution in [0, 0.1) is 6.92 Å². The van der Waals surface area contributed by atoms with Crippen molar-refractivity contribution >= 4 is 31.7 Å². The number of nitrogens with zero attached hydrogens (tertiary/aromatic N) is 1. The Morgan fingerprint density at radius 1 is 1.04 bits per heavy atom. The third-order valence-electron chi connectivity index (χ3n) is 4.14. The van der Waals surface area contributed by atoms with Crippen molar-refractivity contribution in [2.75, 3.05) is 26.3 Å².